The minimum absolute atomic E-state index is 0.254. The largest absolute Gasteiger partial charge is 0.461 e. The molecule has 0 bridgehead atoms. The third-order valence-corrected chi connectivity index (χ3v) is 3.39. The molecule has 0 radical (unpaired) electrons. The summed E-state index contributed by atoms with van der Waals surface area (Å²) in [6.45, 7) is 7.30. The average molecular weight is 324 g/mol. The number of aromatic nitrogens is 1. The van der Waals surface area contributed by atoms with Crippen LogP contribution in [-0.4, -0.2) is 17.1 Å². The van der Waals surface area contributed by atoms with Crippen molar-refractivity contribution in [2.24, 2.45) is 5.92 Å². The standard InChI is InChI=1S/C15H18BrNO2/c1-4-19-15(18)14-8-11-7-12(16)5-6-13(11)17(14)9-10(2)3/h5-8,10H,4,9H2,1-3H3. The van der Waals surface area contributed by atoms with Crippen LogP contribution in [0.5, 0.6) is 0 Å². The van der Waals surface area contributed by atoms with E-state index >= 15 is 0 Å². The number of carbonyl (C=O) groups is 1. The van der Waals surface area contributed by atoms with Gasteiger partial charge in [0.1, 0.15) is 5.69 Å². The van der Waals surface area contributed by atoms with Gasteiger partial charge >= 0.3 is 5.97 Å². The fourth-order valence-electron chi connectivity index (χ4n) is 2.18. The molecule has 0 aliphatic rings. The lowest BCUT2D eigenvalue weighted by Crippen LogP contribution is -2.14. The van der Waals surface area contributed by atoms with Gasteiger partial charge in [0.25, 0.3) is 0 Å². The van der Waals surface area contributed by atoms with Gasteiger partial charge in [-0.05, 0) is 37.1 Å². The van der Waals surface area contributed by atoms with Gasteiger partial charge in [-0.25, -0.2) is 4.79 Å². The highest BCUT2D eigenvalue weighted by molar-refractivity contribution is 9.10. The molecule has 1 aromatic heterocycles. The van der Waals surface area contributed by atoms with E-state index in [1.54, 1.807) is 0 Å². The van der Waals surface area contributed by atoms with Crippen molar-refractivity contribution in [1.82, 2.24) is 4.57 Å². The summed E-state index contributed by atoms with van der Waals surface area (Å²) < 4.78 is 8.20. The maximum atomic E-state index is 12.0. The molecule has 3 nitrogen and oxygen atoms in total. The number of carbonyl (C=O) groups excluding carboxylic acids is 1. The first-order chi connectivity index (χ1) is 9.02. The monoisotopic (exact) mass is 323 g/mol. The van der Waals surface area contributed by atoms with Crippen molar-refractivity contribution in [1.29, 1.82) is 0 Å². The summed E-state index contributed by atoms with van der Waals surface area (Å²) in [7, 11) is 0. The van der Waals surface area contributed by atoms with Crippen molar-refractivity contribution in [3.05, 3.63) is 34.4 Å². The van der Waals surface area contributed by atoms with Crippen molar-refractivity contribution < 1.29 is 9.53 Å². The second-order valence-corrected chi connectivity index (χ2v) is 5.87. The number of rotatable bonds is 4. The van der Waals surface area contributed by atoms with Gasteiger partial charge < -0.3 is 9.30 Å². The number of fused-ring (bicyclic) bond motifs is 1. The third-order valence-electron chi connectivity index (χ3n) is 2.90. The van der Waals surface area contributed by atoms with Crippen LogP contribution in [0.15, 0.2) is 28.7 Å². The van der Waals surface area contributed by atoms with Crippen LogP contribution in [0.2, 0.25) is 0 Å². The highest BCUT2D eigenvalue weighted by Crippen LogP contribution is 2.25. The van der Waals surface area contributed by atoms with Crippen LogP contribution in [0.4, 0.5) is 0 Å². The molecule has 1 aromatic carbocycles. The molecule has 2 rings (SSSR count). The van der Waals surface area contributed by atoms with Gasteiger partial charge in [0.15, 0.2) is 0 Å². The van der Waals surface area contributed by atoms with Crippen molar-refractivity contribution in [2.75, 3.05) is 6.61 Å². The highest BCUT2D eigenvalue weighted by atomic mass is 79.9. The fraction of sp³-hybridized carbons (Fsp3) is 0.400. The van der Waals surface area contributed by atoms with E-state index in [2.05, 4.69) is 29.8 Å². The molecule has 1 heterocycles. The Labute approximate surface area is 121 Å². The van der Waals surface area contributed by atoms with Crippen LogP contribution in [-0.2, 0) is 11.3 Å². The molecule has 2 aromatic rings. The van der Waals surface area contributed by atoms with E-state index in [4.69, 9.17) is 4.74 Å². The smallest absolute Gasteiger partial charge is 0.354 e. The molecule has 0 fully saturated rings. The van der Waals surface area contributed by atoms with Crippen LogP contribution in [0.3, 0.4) is 0 Å². The van der Waals surface area contributed by atoms with Crippen LogP contribution >= 0.6 is 15.9 Å². The lowest BCUT2D eigenvalue weighted by Gasteiger charge is -2.12. The maximum absolute atomic E-state index is 12.0. The normalized spacial score (nSPS) is 11.2. The second-order valence-electron chi connectivity index (χ2n) is 4.96. The molecule has 0 aliphatic carbocycles. The summed E-state index contributed by atoms with van der Waals surface area (Å²) >= 11 is 3.46. The zero-order valence-corrected chi connectivity index (χ0v) is 13.0. The Morgan fingerprint density at radius 2 is 2.11 bits per heavy atom. The Balaban J connectivity index is 2.57. The first kappa shape index (κ1) is 14.1. The molecule has 0 amide bonds. The summed E-state index contributed by atoms with van der Waals surface area (Å²) in [5.74, 6) is 0.211. The van der Waals surface area contributed by atoms with Gasteiger partial charge in [-0.2, -0.15) is 0 Å². The molecule has 0 atom stereocenters. The summed E-state index contributed by atoms with van der Waals surface area (Å²) in [6, 6.07) is 7.95. The second kappa shape index (κ2) is 5.78. The zero-order valence-electron chi connectivity index (χ0n) is 11.4. The van der Waals surface area contributed by atoms with Crippen LogP contribution in [0, 0.1) is 5.92 Å². The molecule has 0 N–H and O–H groups in total. The van der Waals surface area contributed by atoms with E-state index in [0.717, 1.165) is 21.9 Å². The number of halogens is 1. The first-order valence-electron chi connectivity index (χ1n) is 6.48. The van der Waals surface area contributed by atoms with Crippen LogP contribution in [0.25, 0.3) is 10.9 Å². The van der Waals surface area contributed by atoms with Crippen molar-refractivity contribution in [2.45, 2.75) is 27.3 Å². The lowest BCUT2D eigenvalue weighted by atomic mass is 10.2. The molecule has 102 valence electrons. The van der Waals surface area contributed by atoms with E-state index in [0.29, 0.717) is 18.2 Å². The quantitative estimate of drug-likeness (QED) is 0.788. The lowest BCUT2D eigenvalue weighted by molar-refractivity contribution is 0.0513. The molecule has 0 spiro atoms. The van der Waals surface area contributed by atoms with Gasteiger partial charge in [0.05, 0.1) is 6.61 Å². The number of benzene rings is 1. The molecule has 0 unspecified atom stereocenters. The number of esters is 1. The van der Waals surface area contributed by atoms with E-state index in [9.17, 15) is 4.79 Å². The van der Waals surface area contributed by atoms with Gasteiger partial charge in [-0.3, -0.25) is 0 Å². The zero-order chi connectivity index (χ0) is 14.0. The molecular weight excluding hydrogens is 306 g/mol. The summed E-state index contributed by atoms with van der Waals surface area (Å²) in [6.07, 6.45) is 0. The predicted octanol–water partition coefficient (Wildman–Crippen LogP) is 4.24. The van der Waals surface area contributed by atoms with Gasteiger partial charge in [-0.1, -0.05) is 29.8 Å². The number of ether oxygens (including phenoxy) is 1. The Morgan fingerprint density at radius 1 is 1.37 bits per heavy atom. The fourth-order valence-corrected chi connectivity index (χ4v) is 2.56. The first-order valence-corrected chi connectivity index (χ1v) is 7.28. The Kier molecular flexibility index (Phi) is 4.30. The van der Waals surface area contributed by atoms with E-state index in [1.165, 1.54) is 0 Å². The topological polar surface area (TPSA) is 31.2 Å². The van der Waals surface area contributed by atoms with Crippen molar-refractivity contribution >= 4 is 32.8 Å². The molecule has 0 saturated carbocycles. The summed E-state index contributed by atoms with van der Waals surface area (Å²) in [5, 5.41) is 1.05. The minimum Gasteiger partial charge on any atom is -0.461 e. The number of nitrogens with zero attached hydrogens (tertiary/aromatic N) is 1. The van der Waals surface area contributed by atoms with Crippen LogP contribution in [0.1, 0.15) is 31.3 Å². The SMILES string of the molecule is CCOC(=O)c1cc2cc(Br)ccc2n1CC(C)C. The molecule has 4 heteroatoms. The molecular formula is C15H18BrNO2. The summed E-state index contributed by atoms with van der Waals surface area (Å²) in [4.78, 5) is 12.0. The van der Waals surface area contributed by atoms with Gasteiger partial charge in [0.2, 0.25) is 0 Å². The van der Waals surface area contributed by atoms with Gasteiger partial charge in [-0.15, -0.1) is 0 Å². The minimum atomic E-state index is -0.254. The van der Waals surface area contributed by atoms with E-state index < -0.39 is 0 Å². The Hall–Kier alpha value is -1.29. The number of hydrogen-bond acceptors (Lipinski definition) is 2. The number of hydrogen-bond donors (Lipinski definition) is 0. The van der Waals surface area contributed by atoms with E-state index in [1.807, 2.05) is 35.8 Å². The molecule has 0 aliphatic heterocycles. The van der Waals surface area contributed by atoms with Crippen LogP contribution < -0.4 is 0 Å². The predicted molar refractivity (Wildman–Crippen MR) is 80.4 cm³/mol. The summed E-state index contributed by atoms with van der Waals surface area (Å²) in [5.41, 5.74) is 1.70. The Morgan fingerprint density at radius 3 is 2.74 bits per heavy atom. The van der Waals surface area contributed by atoms with Crippen molar-refractivity contribution in [3.8, 4) is 0 Å². The highest BCUT2D eigenvalue weighted by Gasteiger charge is 2.17. The molecule has 0 saturated heterocycles. The maximum Gasteiger partial charge on any atom is 0.354 e. The Bertz CT molecular complexity index is 601. The van der Waals surface area contributed by atoms with Crippen molar-refractivity contribution in [3.63, 3.8) is 0 Å². The molecule has 19 heavy (non-hydrogen) atoms. The third kappa shape index (κ3) is 3.00. The van der Waals surface area contributed by atoms with E-state index in [-0.39, 0.29) is 5.97 Å². The average Bonchev–Trinajstić information content (AvgIpc) is 2.67. The van der Waals surface area contributed by atoms with Gasteiger partial charge in [0, 0.05) is 21.9 Å².